The predicted molar refractivity (Wildman–Crippen MR) is 76.7 cm³/mol. The maximum Gasteiger partial charge on any atom is 0.105 e. The lowest BCUT2D eigenvalue weighted by atomic mass is 9.79. The topological polar surface area (TPSA) is 43.6 Å². The van der Waals surface area contributed by atoms with Crippen molar-refractivity contribution in [2.24, 2.45) is 5.92 Å². The van der Waals surface area contributed by atoms with Gasteiger partial charge in [-0.3, -0.25) is 0 Å². The van der Waals surface area contributed by atoms with Crippen molar-refractivity contribution in [1.29, 1.82) is 0 Å². The first-order valence-corrected chi connectivity index (χ1v) is 7.73. The fourth-order valence-corrected chi connectivity index (χ4v) is 3.68. The molecule has 2 saturated heterocycles. The predicted octanol–water partition coefficient (Wildman–Crippen LogP) is 2.82. The summed E-state index contributed by atoms with van der Waals surface area (Å²) in [6.45, 7) is 7.61. The number of ether oxygens (including phenoxy) is 2. The molecule has 2 aliphatic heterocycles. The summed E-state index contributed by atoms with van der Waals surface area (Å²) in [6.07, 6.45) is 5.01. The Morgan fingerprint density at radius 1 is 1.45 bits per heavy atom. The minimum atomic E-state index is -0.0335. The molecule has 3 heterocycles. The average Bonchev–Trinajstić information content (AvgIpc) is 3.06. The van der Waals surface area contributed by atoms with Gasteiger partial charge in [-0.2, -0.15) is 0 Å². The van der Waals surface area contributed by atoms with Crippen LogP contribution < -0.4 is 5.32 Å². The van der Waals surface area contributed by atoms with Crippen molar-refractivity contribution in [1.82, 2.24) is 5.32 Å². The molecule has 1 aromatic heterocycles. The van der Waals surface area contributed by atoms with Gasteiger partial charge in [0, 0.05) is 31.2 Å². The second-order valence-corrected chi connectivity index (χ2v) is 6.05. The zero-order chi connectivity index (χ0) is 14.0. The SMILES string of the molecule is CCNC(c1ccoc1C)C1CCOC2(CCOC2)C1. The van der Waals surface area contributed by atoms with Crippen LogP contribution in [-0.4, -0.2) is 32.0 Å². The van der Waals surface area contributed by atoms with E-state index in [-0.39, 0.29) is 5.60 Å². The number of hydrogen-bond acceptors (Lipinski definition) is 4. The van der Waals surface area contributed by atoms with Gasteiger partial charge in [-0.15, -0.1) is 0 Å². The third-order valence-electron chi connectivity index (χ3n) is 4.73. The molecular formula is C16H25NO3. The van der Waals surface area contributed by atoms with E-state index in [4.69, 9.17) is 13.9 Å². The first kappa shape index (κ1) is 14.1. The fraction of sp³-hybridized carbons (Fsp3) is 0.750. The molecule has 3 unspecified atom stereocenters. The lowest BCUT2D eigenvalue weighted by Crippen LogP contribution is -2.44. The normalized spacial score (nSPS) is 31.8. The summed E-state index contributed by atoms with van der Waals surface area (Å²) < 4.78 is 17.1. The van der Waals surface area contributed by atoms with Crippen LogP contribution in [0, 0.1) is 12.8 Å². The molecule has 0 radical (unpaired) electrons. The zero-order valence-corrected chi connectivity index (χ0v) is 12.5. The Bertz CT molecular complexity index is 437. The molecule has 20 heavy (non-hydrogen) atoms. The van der Waals surface area contributed by atoms with Gasteiger partial charge in [0.15, 0.2) is 0 Å². The lowest BCUT2D eigenvalue weighted by molar-refractivity contribution is -0.103. The maximum absolute atomic E-state index is 6.06. The maximum atomic E-state index is 6.06. The minimum absolute atomic E-state index is 0.0335. The summed E-state index contributed by atoms with van der Waals surface area (Å²) >= 11 is 0. The van der Waals surface area contributed by atoms with Crippen molar-refractivity contribution in [3.63, 3.8) is 0 Å². The highest BCUT2D eigenvalue weighted by Crippen LogP contribution is 2.41. The molecule has 0 bridgehead atoms. The second kappa shape index (κ2) is 5.88. The fourth-order valence-electron chi connectivity index (χ4n) is 3.68. The molecule has 1 N–H and O–H groups in total. The third-order valence-corrected chi connectivity index (χ3v) is 4.73. The summed E-state index contributed by atoms with van der Waals surface area (Å²) in [5, 5.41) is 3.65. The summed E-state index contributed by atoms with van der Waals surface area (Å²) in [6, 6.07) is 2.47. The highest BCUT2D eigenvalue weighted by molar-refractivity contribution is 5.21. The Kier molecular flexibility index (Phi) is 4.15. The minimum Gasteiger partial charge on any atom is -0.469 e. The molecule has 2 fully saturated rings. The van der Waals surface area contributed by atoms with Crippen molar-refractivity contribution in [3.05, 3.63) is 23.7 Å². The Labute approximate surface area is 120 Å². The number of rotatable bonds is 4. The van der Waals surface area contributed by atoms with Crippen LogP contribution in [0.4, 0.5) is 0 Å². The smallest absolute Gasteiger partial charge is 0.105 e. The molecule has 0 saturated carbocycles. The van der Waals surface area contributed by atoms with Gasteiger partial charge in [-0.1, -0.05) is 6.92 Å². The van der Waals surface area contributed by atoms with E-state index in [0.29, 0.717) is 12.0 Å². The van der Waals surface area contributed by atoms with Gasteiger partial charge in [0.05, 0.1) is 18.5 Å². The summed E-state index contributed by atoms with van der Waals surface area (Å²) in [7, 11) is 0. The van der Waals surface area contributed by atoms with Crippen LogP contribution >= 0.6 is 0 Å². The average molecular weight is 279 g/mol. The lowest BCUT2D eigenvalue weighted by Gasteiger charge is -2.40. The van der Waals surface area contributed by atoms with Crippen molar-refractivity contribution in [3.8, 4) is 0 Å². The first-order valence-electron chi connectivity index (χ1n) is 7.73. The number of furan rings is 1. The second-order valence-electron chi connectivity index (χ2n) is 6.05. The third kappa shape index (κ3) is 2.65. The molecule has 1 aromatic rings. The number of hydrogen-bond donors (Lipinski definition) is 1. The largest absolute Gasteiger partial charge is 0.469 e. The zero-order valence-electron chi connectivity index (χ0n) is 12.5. The van der Waals surface area contributed by atoms with E-state index in [1.807, 2.05) is 6.92 Å². The van der Waals surface area contributed by atoms with Crippen molar-refractivity contribution in [2.75, 3.05) is 26.4 Å². The standard InChI is InChI=1S/C16H25NO3/c1-3-17-15(14-5-7-19-12(14)2)13-4-8-20-16(10-13)6-9-18-11-16/h5,7,13,15,17H,3-4,6,8-11H2,1-2H3. The van der Waals surface area contributed by atoms with E-state index in [9.17, 15) is 0 Å². The Morgan fingerprint density at radius 3 is 3.00 bits per heavy atom. The van der Waals surface area contributed by atoms with E-state index < -0.39 is 0 Å². The summed E-state index contributed by atoms with van der Waals surface area (Å²) in [5.41, 5.74) is 1.27. The molecule has 1 spiro atoms. The van der Waals surface area contributed by atoms with Crippen LogP contribution in [0.15, 0.2) is 16.7 Å². The highest BCUT2D eigenvalue weighted by Gasteiger charge is 2.43. The Morgan fingerprint density at radius 2 is 2.35 bits per heavy atom. The molecule has 0 aliphatic carbocycles. The number of aryl methyl sites for hydroxylation is 1. The molecule has 3 rings (SSSR count). The number of nitrogens with one attached hydrogen (secondary N) is 1. The van der Waals surface area contributed by atoms with Crippen molar-refractivity contribution in [2.45, 2.75) is 44.8 Å². The monoisotopic (exact) mass is 279 g/mol. The van der Waals surface area contributed by atoms with Gasteiger partial charge in [0.1, 0.15) is 5.76 Å². The molecule has 112 valence electrons. The highest BCUT2D eigenvalue weighted by atomic mass is 16.6. The molecular weight excluding hydrogens is 254 g/mol. The van der Waals surface area contributed by atoms with E-state index in [2.05, 4.69) is 18.3 Å². The molecule has 4 heteroatoms. The van der Waals surface area contributed by atoms with Gasteiger partial charge >= 0.3 is 0 Å². The van der Waals surface area contributed by atoms with E-state index in [1.165, 1.54) is 5.56 Å². The first-order chi connectivity index (χ1) is 9.74. The molecule has 0 amide bonds. The van der Waals surface area contributed by atoms with Crippen LogP contribution in [0.5, 0.6) is 0 Å². The quantitative estimate of drug-likeness (QED) is 0.920. The van der Waals surface area contributed by atoms with Gasteiger partial charge in [0.2, 0.25) is 0 Å². The van der Waals surface area contributed by atoms with Gasteiger partial charge in [0.25, 0.3) is 0 Å². The van der Waals surface area contributed by atoms with Crippen LogP contribution in [-0.2, 0) is 9.47 Å². The van der Waals surface area contributed by atoms with E-state index in [1.54, 1.807) is 6.26 Å². The van der Waals surface area contributed by atoms with E-state index in [0.717, 1.165) is 51.4 Å². The Balaban J connectivity index is 1.79. The van der Waals surface area contributed by atoms with Gasteiger partial charge < -0.3 is 19.2 Å². The van der Waals surface area contributed by atoms with Crippen LogP contribution in [0.1, 0.15) is 43.6 Å². The van der Waals surface area contributed by atoms with Gasteiger partial charge in [-0.25, -0.2) is 0 Å². The van der Waals surface area contributed by atoms with Crippen LogP contribution in [0.25, 0.3) is 0 Å². The molecule has 4 nitrogen and oxygen atoms in total. The summed E-state index contributed by atoms with van der Waals surface area (Å²) in [4.78, 5) is 0. The van der Waals surface area contributed by atoms with Gasteiger partial charge in [-0.05, 0) is 38.3 Å². The van der Waals surface area contributed by atoms with E-state index >= 15 is 0 Å². The van der Waals surface area contributed by atoms with Crippen molar-refractivity contribution >= 4 is 0 Å². The molecule has 2 aliphatic rings. The van der Waals surface area contributed by atoms with Crippen molar-refractivity contribution < 1.29 is 13.9 Å². The van der Waals surface area contributed by atoms with Crippen LogP contribution in [0.3, 0.4) is 0 Å². The van der Waals surface area contributed by atoms with Crippen LogP contribution in [0.2, 0.25) is 0 Å². The molecule has 3 atom stereocenters. The molecule has 0 aromatic carbocycles. The summed E-state index contributed by atoms with van der Waals surface area (Å²) in [5.74, 6) is 1.61. The Hall–Kier alpha value is -0.840.